The summed E-state index contributed by atoms with van der Waals surface area (Å²) in [7, 11) is 1.32. The molecule has 2 bridgehead atoms. The molecule has 0 aliphatic carbocycles. The van der Waals surface area contributed by atoms with Crippen LogP contribution in [0.2, 0.25) is 0 Å². The third-order valence-corrected chi connectivity index (χ3v) is 9.55. The Hall–Kier alpha value is -0.930. The van der Waals surface area contributed by atoms with E-state index in [2.05, 4.69) is 4.52 Å². The smallest absolute Gasteiger partial charge is 0.494 e. The highest BCUT2D eigenvalue weighted by Gasteiger charge is 2.44. The van der Waals surface area contributed by atoms with Gasteiger partial charge in [0.15, 0.2) is 0 Å². The van der Waals surface area contributed by atoms with Crippen molar-refractivity contribution in [1.29, 1.82) is 0 Å². The summed E-state index contributed by atoms with van der Waals surface area (Å²) >= 11 is 0. The molecule has 23 heavy (non-hydrogen) atoms. The van der Waals surface area contributed by atoms with E-state index in [1.165, 1.54) is 30.1 Å². The topological polar surface area (TPSA) is 44.8 Å². The molecule has 128 valence electrons. The molecule has 0 saturated carbocycles. The van der Waals surface area contributed by atoms with E-state index in [4.69, 9.17) is 9.47 Å². The van der Waals surface area contributed by atoms with Crippen molar-refractivity contribution >= 4 is 25.7 Å². The average Bonchev–Trinajstić information content (AvgIpc) is 2.60. The second-order valence-corrected chi connectivity index (χ2v) is 10.6. The Labute approximate surface area is 141 Å². The third kappa shape index (κ3) is 4.33. The van der Waals surface area contributed by atoms with E-state index in [1.807, 2.05) is 39.8 Å². The summed E-state index contributed by atoms with van der Waals surface area (Å²) in [6, 6.07) is 9.98. The van der Waals surface area contributed by atoms with Gasteiger partial charge in [0, 0.05) is 5.75 Å². The number of fused-ring (bicyclic) bond motifs is 3. The van der Waals surface area contributed by atoms with Crippen LogP contribution in [-0.2, 0) is 9.26 Å². The first kappa shape index (κ1) is 16.9. The minimum atomic E-state index is -0.647. The number of rotatable bonds is 6. The van der Waals surface area contributed by atoms with Gasteiger partial charge < -0.3 is 14.0 Å². The molecule has 3 aliphatic rings. The van der Waals surface area contributed by atoms with Crippen LogP contribution in [0, 0.1) is 5.92 Å². The van der Waals surface area contributed by atoms with Crippen LogP contribution in [0.15, 0.2) is 30.3 Å². The fourth-order valence-electron chi connectivity index (χ4n) is 3.71. The average molecular weight is 356 g/mol. The quantitative estimate of drug-likeness (QED) is 0.439. The van der Waals surface area contributed by atoms with Gasteiger partial charge in [0.25, 0.3) is 0 Å². The number of para-hydroxylation sites is 1. The first-order valence-electron chi connectivity index (χ1n) is 8.20. The molecule has 0 radical (unpaired) electrons. The molecule has 0 amide bonds. The van der Waals surface area contributed by atoms with Crippen molar-refractivity contribution < 1.29 is 18.8 Å². The Balaban J connectivity index is 1.47. The first-order chi connectivity index (χ1) is 11.2. The van der Waals surface area contributed by atoms with E-state index < -0.39 is 16.2 Å². The fourth-order valence-corrected chi connectivity index (χ4v) is 8.25. The summed E-state index contributed by atoms with van der Waals surface area (Å²) in [5.41, 5.74) is 0. The van der Waals surface area contributed by atoms with Gasteiger partial charge in [0.05, 0.1) is 16.1 Å². The van der Waals surface area contributed by atoms with E-state index in [1.54, 1.807) is 0 Å². The Kier molecular flexibility index (Phi) is 5.71. The summed E-state index contributed by atoms with van der Waals surface area (Å²) in [5.74, 6) is 6.42. The molecular formula is C17H25O4PS. The Morgan fingerprint density at radius 1 is 1.22 bits per heavy atom. The molecule has 6 heteroatoms. The number of hydrogen-bond donors (Lipinski definition) is 0. The summed E-state index contributed by atoms with van der Waals surface area (Å²) < 4.78 is 15.9. The van der Waals surface area contributed by atoms with Crippen LogP contribution < -0.4 is 4.74 Å². The lowest BCUT2D eigenvalue weighted by Crippen LogP contribution is -2.45. The molecule has 2 unspecified atom stereocenters. The molecule has 3 aliphatic heterocycles. The summed E-state index contributed by atoms with van der Waals surface area (Å²) in [6.45, 7) is 0.765. The van der Waals surface area contributed by atoms with Crippen LogP contribution in [0.3, 0.4) is 0 Å². The molecule has 1 aromatic rings. The molecule has 0 spiro atoms. The Morgan fingerprint density at radius 2 is 1.96 bits per heavy atom. The number of carbonyl (C=O) groups excluding carboxylic acids is 1. The van der Waals surface area contributed by atoms with Gasteiger partial charge in [-0.05, 0) is 54.6 Å². The van der Waals surface area contributed by atoms with Crippen LogP contribution in [0.1, 0.15) is 19.3 Å². The highest BCUT2D eigenvalue weighted by atomic mass is 32.3. The maximum Gasteiger partial charge on any atom is 0.510 e. The highest BCUT2D eigenvalue weighted by Crippen LogP contribution is 2.60. The molecule has 3 heterocycles. The van der Waals surface area contributed by atoms with Gasteiger partial charge in [-0.3, -0.25) is 0 Å². The van der Waals surface area contributed by atoms with Gasteiger partial charge in [-0.15, -0.1) is 0 Å². The normalized spacial score (nSPS) is 31.9. The molecule has 1 aromatic carbocycles. The van der Waals surface area contributed by atoms with Crippen molar-refractivity contribution in [2.24, 2.45) is 5.92 Å². The summed E-state index contributed by atoms with van der Waals surface area (Å²) in [4.78, 5) is 11.4. The molecule has 3 saturated heterocycles. The largest absolute Gasteiger partial charge is 0.510 e. The second kappa shape index (κ2) is 7.76. The van der Waals surface area contributed by atoms with Gasteiger partial charge in [-0.25, -0.2) is 14.8 Å². The number of benzene rings is 1. The zero-order chi connectivity index (χ0) is 16.1. The lowest BCUT2D eigenvalue weighted by molar-refractivity contribution is 0.0387. The number of ether oxygens (including phenoxy) is 2. The van der Waals surface area contributed by atoms with Crippen molar-refractivity contribution in [2.45, 2.75) is 25.4 Å². The lowest BCUT2D eigenvalue weighted by atomic mass is 9.96. The van der Waals surface area contributed by atoms with Gasteiger partial charge in [0.2, 0.25) is 0 Å². The van der Waals surface area contributed by atoms with Crippen LogP contribution >= 0.6 is 19.5 Å². The van der Waals surface area contributed by atoms with Crippen LogP contribution in [0.5, 0.6) is 5.75 Å². The van der Waals surface area contributed by atoms with E-state index in [0.29, 0.717) is 5.92 Å². The van der Waals surface area contributed by atoms with Crippen molar-refractivity contribution in [1.82, 2.24) is 0 Å². The minimum Gasteiger partial charge on any atom is -0.494 e. The van der Waals surface area contributed by atoms with Crippen molar-refractivity contribution in [3.63, 3.8) is 0 Å². The standard InChI is InChI=1S/C17H25O4PS/c18-17(21-22)20-16-13-23(11-7-14(16)8-12-23)10-4-9-19-15-5-2-1-3-6-15/h1-3,5-6,14,16H,4,7-13,22H2. The van der Waals surface area contributed by atoms with Crippen LogP contribution in [-0.4, -0.2) is 41.9 Å². The maximum absolute atomic E-state index is 11.4. The lowest BCUT2D eigenvalue weighted by Gasteiger charge is -2.54. The predicted octanol–water partition coefficient (Wildman–Crippen LogP) is 4.00. The van der Waals surface area contributed by atoms with Gasteiger partial charge >= 0.3 is 6.16 Å². The summed E-state index contributed by atoms with van der Waals surface area (Å²) in [6.07, 6.45) is 2.98. The van der Waals surface area contributed by atoms with E-state index in [9.17, 15) is 4.79 Å². The Morgan fingerprint density at radius 3 is 2.65 bits per heavy atom. The van der Waals surface area contributed by atoms with Gasteiger partial charge in [-0.1, -0.05) is 18.2 Å². The molecule has 4 nitrogen and oxygen atoms in total. The molecule has 4 rings (SSSR count). The van der Waals surface area contributed by atoms with E-state index in [-0.39, 0.29) is 6.10 Å². The van der Waals surface area contributed by atoms with E-state index in [0.717, 1.165) is 24.5 Å². The second-order valence-electron chi connectivity index (χ2n) is 6.38. The first-order valence-corrected chi connectivity index (χ1v) is 11.0. The monoisotopic (exact) mass is 356 g/mol. The third-order valence-electron chi connectivity index (χ3n) is 4.96. The SMILES string of the molecule is O=C(OP)OC1CS2(CCCOc3ccccc3)CCC1CC2. The number of carbonyl (C=O) groups is 1. The zero-order valence-corrected chi connectivity index (χ0v) is 15.3. The Bertz CT molecular complexity index is 517. The molecule has 2 atom stereocenters. The predicted molar refractivity (Wildman–Crippen MR) is 97.4 cm³/mol. The van der Waals surface area contributed by atoms with Crippen molar-refractivity contribution in [2.75, 3.05) is 29.6 Å². The summed E-state index contributed by atoms with van der Waals surface area (Å²) in [5, 5.41) is 0. The number of hydrogen-bond acceptors (Lipinski definition) is 4. The maximum atomic E-state index is 11.4. The molecule has 0 N–H and O–H groups in total. The highest BCUT2D eigenvalue weighted by molar-refractivity contribution is 8.33. The van der Waals surface area contributed by atoms with Crippen molar-refractivity contribution in [3.05, 3.63) is 30.3 Å². The fraction of sp³-hybridized carbons (Fsp3) is 0.588. The molecule has 3 fully saturated rings. The van der Waals surface area contributed by atoms with Crippen LogP contribution in [0.25, 0.3) is 0 Å². The van der Waals surface area contributed by atoms with Crippen LogP contribution in [0.4, 0.5) is 4.79 Å². The van der Waals surface area contributed by atoms with Gasteiger partial charge in [0.1, 0.15) is 11.9 Å². The van der Waals surface area contributed by atoms with E-state index >= 15 is 0 Å². The minimum absolute atomic E-state index is 0.0654. The van der Waals surface area contributed by atoms with Gasteiger partial charge in [-0.2, -0.15) is 0 Å². The molecular weight excluding hydrogens is 331 g/mol. The van der Waals surface area contributed by atoms with Crippen molar-refractivity contribution in [3.8, 4) is 5.75 Å². The zero-order valence-electron chi connectivity index (χ0n) is 13.3. The molecule has 0 aromatic heterocycles.